The predicted octanol–water partition coefficient (Wildman–Crippen LogP) is 0.912. The number of aliphatic hydroxyl groups excluding tert-OH is 1. The van der Waals surface area contributed by atoms with Crippen LogP contribution in [0.1, 0.15) is 19.8 Å². The van der Waals surface area contributed by atoms with Gasteiger partial charge in [0.2, 0.25) is 5.91 Å². The van der Waals surface area contributed by atoms with Crippen molar-refractivity contribution < 1.29 is 14.6 Å². The molecule has 5 heteroatoms. The number of ether oxygens (including phenoxy) is 1. The van der Waals surface area contributed by atoms with Gasteiger partial charge in [0.25, 0.3) is 0 Å². The van der Waals surface area contributed by atoms with Crippen LogP contribution in [0.15, 0.2) is 24.3 Å². The molecule has 1 aromatic rings. The highest BCUT2D eigenvalue weighted by Gasteiger charge is 2.45. The van der Waals surface area contributed by atoms with E-state index in [2.05, 4.69) is 10.2 Å². The number of amides is 1. The van der Waals surface area contributed by atoms with Crippen LogP contribution in [0, 0.1) is 0 Å². The maximum Gasteiger partial charge on any atom is 0.217 e. The predicted molar refractivity (Wildman–Crippen MR) is 75.9 cm³/mol. The topological polar surface area (TPSA) is 61.8 Å². The number of carbonyl (C=O) groups excluding carboxylic acids is 1. The lowest BCUT2D eigenvalue weighted by atomic mass is 9.83. The minimum absolute atomic E-state index is 0.0325. The van der Waals surface area contributed by atoms with Crippen molar-refractivity contribution in [2.24, 2.45) is 0 Å². The summed E-state index contributed by atoms with van der Waals surface area (Å²) in [4.78, 5) is 13.3. The van der Waals surface area contributed by atoms with Crippen LogP contribution < -0.4 is 15.0 Å². The Morgan fingerprint density at radius 3 is 2.90 bits per heavy atom. The highest BCUT2D eigenvalue weighted by molar-refractivity contribution is 5.73. The van der Waals surface area contributed by atoms with Crippen LogP contribution in [0.2, 0.25) is 0 Å². The van der Waals surface area contributed by atoms with E-state index >= 15 is 0 Å². The zero-order valence-electron chi connectivity index (χ0n) is 11.7. The second-order valence-electron chi connectivity index (χ2n) is 5.60. The van der Waals surface area contributed by atoms with Crippen molar-refractivity contribution in [3.63, 3.8) is 0 Å². The first kappa shape index (κ1) is 13.2. The van der Waals surface area contributed by atoms with Crippen molar-refractivity contribution >= 4 is 11.6 Å². The molecule has 3 rings (SSSR count). The number of para-hydroxylation sites is 2. The molecule has 1 amide bonds. The van der Waals surface area contributed by atoms with Gasteiger partial charge in [-0.2, -0.15) is 0 Å². The van der Waals surface area contributed by atoms with Crippen LogP contribution in [0.3, 0.4) is 0 Å². The number of fused-ring (bicyclic) bond motifs is 2. The van der Waals surface area contributed by atoms with Crippen LogP contribution in [-0.4, -0.2) is 42.4 Å². The number of likely N-dealkylation sites (N-methyl/N-ethyl adjacent to an activating group) is 1. The average Bonchev–Trinajstić information content (AvgIpc) is 2.42. The number of hydrogen-bond donors (Lipinski definition) is 2. The molecule has 1 aromatic carbocycles. The largest absolute Gasteiger partial charge is 0.486 e. The monoisotopic (exact) mass is 276 g/mol. The summed E-state index contributed by atoms with van der Waals surface area (Å²) in [7, 11) is 1.97. The van der Waals surface area contributed by atoms with Crippen LogP contribution in [0.25, 0.3) is 0 Å². The van der Waals surface area contributed by atoms with Gasteiger partial charge in [0.15, 0.2) is 0 Å². The molecule has 5 nitrogen and oxygen atoms in total. The fourth-order valence-corrected chi connectivity index (χ4v) is 3.34. The standard InChI is InChI=1S/C15H20N2O3/c1-9(18)16-10-7-8-13-14(15(10)19)17(2)11-5-3-4-6-12(11)20-13/h3-6,10,13-15,19H,7-8H2,1-2H3,(H,16,18)/t10-,13-,14-,15-/m1/s1. The molecule has 2 N–H and O–H groups in total. The smallest absolute Gasteiger partial charge is 0.217 e. The molecular weight excluding hydrogens is 256 g/mol. The van der Waals surface area contributed by atoms with Gasteiger partial charge in [0.05, 0.1) is 23.9 Å². The zero-order chi connectivity index (χ0) is 14.3. The maximum atomic E-state index is 11.2. The first-order chi connectivity index (χ1) is 9.58. The van der Waals surface area contributed by atoms with Gasteiger partial charge in [0.1, 0.15) is 11.9 Å². The minimum Gasteiger partial charge on any atom is -0.486 e. The van der Waals surface area contributed by atoms with Gasteiger partial charge in [-0.15, -0.1) is 0 Å². The number of anilines is 1. The Hall–Kier alpha value is -1.75. The molecule has 0 unspecified atom stereocenters. The molecule has 0 radical (unpaired) electrons. The SMILES string of the molecule is CC(=O)N[C@@H]1CC[C@H]2Oc3ccccc3N(C)[C@H]2[C@@H]1O. The van der Waals surface area contributed by atoms with Gasteiger partial charge < -0.3 is 20.1 Å². The van der Waals surface area contributed by atoms with Crippen LogP contribution in [0.4, 0.5) is 5.69 Å². The fourth-order valence-electron chi connectivity index (χ4n) is 3.34. The van der Waals surface area contributed by atoms with Crippen LogP contribution in [0.5, 0.6) is 5.75 Å². The van der Waals surface area contributed by atoms with Gasteiger partial charge in [0, 0.05) is 14.0 Å². The highest BCUT2D eigenvalue weighted by Crippen LogP contribution is 2.39. The summed E-state index contributed by atoms with van der Waals surface area (Å²) >= 11 is 0. The third-order valence-electron chi connectivity index (χ3n) is 4.26. The van der Waals surface area contributed by atoms with Crippen molar-refractivity contribution in [3.8, 4) is 5.75 Å². The summed E-state index contributed by atoms with van der Waals surface area (Å²) in [5.41, 5.74) is 0.983. The average molecular weight is 276 g/mol. The Balaban J connectivity index is 1.87. The quantitative estimate of drug-likeness (QED) is 0.800. The lowest BCUT2D eigenvalue weighted by Crippen LogP contribution is -2.63. The van der Waals surface area contributed by atoms with Crippen molar-refractivity contribution in [3.05, 3.63) is 24.3 Å². The maximum absolute atomic E-state index is 11.2. The molecule has 1 fully saturated rings. The Bertz CT molecular complexity index is 520. The molecular formula is C15H20N2O3. The van der Waals surface area contributed by atoms with E-state index in [1.165, 1.54) is 6.92 Å². The van der Waals surface area contributed by atoms with Gasteiger partial charge in [-0.25, -0.2) is 0 Å². The first-order valence-corrected chi connectivity index (χ1v) is 7.01. The lowest BCUT2D eigenvalue weighted by Gasteiger charge is -2.48. The van der Waals surface area contributed by atoms with E-state index in [-0.39, 0.29) is 24.1 Å². The van der Waals surface area contributed by atoms with Crippen molar-refractivity contribution in [1.29, 1.82) is 0 Å². The Morgan fingerprint density at radius 1 is 1.40 bits per heavy atom. The van der Waals surface area contributed by atoms with E-state index in [4.69, 9.17) is 4.74 Å². The molecule has 0 aromatic heterocycles. The third kappa shape index (κ3) is 2.12. The summed E-state index contributed by atoms with van der Waals surface area (Å²) in [6.45, 7) is 1.48. The zero-order valence-corrected chi connectivity index (χ0v) is 11.7. The molecule has 4 atom stereocenters. The summed E-state index contributed by atoms with van der Waals surface area (Å²) in [6.07, 6.45) is 0.898. The summed E-state index contributed by atoms with van der Waals surface area (Å²) in [6, 6.07) is 7.51. The number of hydrogen-bond acceptors (Lipinski definition) is 4. The molecule has 1 aliphatic heterocycles. The Labute approximate surface area is 118 Å². The van der Waals surface area contributed by atoms with Crippen LogP contribution in [-0.2, 0) is 4.79 Å². The van der Waals surface area contributed by atoms with E-state index in [9.17, 15) is 9.90 Å². The molecule has 0 saturated heterocycles. The molecule has 1 heterocycles. The second-order valence-corrected chi connectivity index (χ2v) is 5.60. The van der Waals surface area contributed by atoms with Crippen molar-refractivity contribution in [1.82, 2.24) is 5.32 Å². The van der Waals surface area contributed by atoms with Gasteiger partial charge in [-0.05, 0) is 25.0 Å². The van der Waals surface area contributed by atoms with E-state index in [1.54, 1.807) is 0 Å². The number of rotatable bonds is 1. The van der Waals surface area contributed by atoms with E-state index in [1.807, 2.05) is 31.3 Å². The normalized spacial score (nSPS) is 31.9. The molecule has 108 valence electrons. The number of nitrogens with one attached hydrogen (secondary N) is 1. The second kappa shape index (κ2) is 4.98. The summed E-state index contributed by atoms with van der Waals surface area (Å²) in [5, 5.41) is 13.4. The third-order valence-corrected chi connectivity index (χ3v) is 4.26. The number of nitrogens with zero attached hydrogens (tertiary/aromatic N) is 1. The highest BCUT2D eigenvalue weighted by atomic mass is 16.5. The molecule has 20 heavy (non-hydrogen) atoms. The van der Waals surface area contributed by atoms with E-state index in [0.717, 1.165) is 24.3 Å². The number of aliphatic hydroxyl groups is 1. The fraction of sp³-hybridized carbons (Fsp3) is 0.533. The van der Waals surface area contributed by atoms with Gasteiger partial charge in [-0.1, -0.05) is 12.1 Å². The molecule has 1 saturated carbocycles. The molecule has 0 bridgehead atoms. The molecule has 2 aliphatic rings. The summed E-state index contributed by atoms with van der Waals surface area (Å²) in [5.74, 6) is 0.758. The lowest BCUT2D eigenvalue weighted by molar-refractivity contribution is -0.121. The molecule has 0 spiro atoms. The molecule has 1 aliphatic carbocycles. The summed E-state index contributed by atoms with van der Waals surface area (Å²) < 4.78 is 6.02. The number of carbonyl (C=O) groups is 1. The first-order valence-electron chi connectivity index (χ1n) is 7.01. The van der Waals surface area contributed by atoms with Crippen molar-refractivity contribution in [2.45, 2.75) is 44.1 Å². The van der Waals surface area contributed by atoms with E-state index < -0.39 is 6.10 Å². The Morgan fingerprint density at radius 2 is 2.15 bits per heavy atom. The van der Waals surface area contributed by atoms with Gasteiger partial charge in [-0.3, -0.25) is 4.79 Å². The Kier molecular flexibility index (Phi) is 3.30. The minimum atomic E-state index is -0.629. The van der Waals surface area contributed by atoms with Gasteiger partial charge >= 0.3 is 0 Å². The van der Waals surface area contributed by atoms with E-state index in [0.29, 0.717) is 0 Å². The number of benzene rings is 1. The van der Waals surface area contributed by atoms with Crippen molar-refractivity contribution in [2.75, 3.05) is 11.9 Å². The van der Waals surface area contributed by atoms with Crippen LogP contribution >= 0.6 is 0 Å².